The summed E-state index contributed by atoms with van der Waals surface area (Å²) >= 11 is 0. The van der Waals surface area contributed by atoms with E-state index in [0.29, 0.717) is 16.3 Å². The molecule has 32 heavy (non-hydrogen) atoms. The topological polar surface area (TPSA) is 50.7 Å². The number of halogens is 5. The predicted octanol–water partition coefficient (Wildman–Crippen LogP) is 5.26. The number of nitrogens with one attached hydrogen (secondary N) is 1. The molecule has 1 aliphatic heterocycles. The molecular weight excluding hydrogens is 431 g/mol. The van der Waals surface area contributed by atoms with E-state index in [1.165, 1.54) is 12.1 Å². The molecule has 9 heteroatoms. The van der Waals surface area contributed by atoms with E-state index in [-0.39, 0.29) is 23.4 Å². The van der Waals surface area contributed by atoms with Gasteiger partial charge in [-0.15, -0.1) is 0 Å². The van der Waals surface area contributed by atoms with Crippen molar-refractivity contribution in [2.24, 2.45) is 5.16 Å². The fourth-order valence-electron chi connectivity index (χ4n) is 3.77. The maximum atomic E-state index is 14.1. The molecule has 3 aromatic carbocycles. The van der Waals surface area contributed by atoms with E-state index in [4.69, 9.17) is 4.84 Å². The monoisotopic (exact) mass is 448 g/mol. The average molecular weight is 448 g/mol. The highest BCUT2D eigenvalue weighted by atomic mass is 19.4. The first kappa shape index (κ1) is 21.7. The minimum absolute atomic E-state index is 0.0403. The second kappa shape index (κ2) is 8.22. The lowest BCUT2D eigenvalue weighted by atomic mass is 9.85. The normalized spacial score (nSPS) is 18.3. The van der Waals surface area contributed by atoms with E-state index in [9.17, 15) is 26.7 Å². The second-order valence-electron chi connectivity index (χ2n) is 7.29. The molecule has 0 aromatic heterocycles. The number of nitrogens with zero attached hydrogens (tertiary/aromatic N) is 1. The molecule has 3 aromatic rings. The minimum atomic E-state index is -4.82. The molecule has 0 spiro atoms. The first-order chi connectivity index (χ1) is 15.3. The van der Waals surface area contributed by atoms with Crippen molar-refractivity contribution < 1.29 is 31.6 Å². The Hall–Kier alpha value is -3.49. The first-order valence-electron chi connectivity index (χ1n) is 9.71. The molecule has 0 fully saturated rings. The van der Waals surface area contributed by atoms with Crippen molar-refractivity contribution in [3.8, 4) is 0 Å². The number of alkyl halides is 4. The summed E-state index contributed by atoms with van der Waals surface area (Å²) in [6.07, 6.45) is -5.45. The van der Waals surface area contributed by atoms with Crippen LogP contribution >= 0.6 is 0 Å². The predicted molar refractivity (Wildman–Crippen MR) is 109 cm³/mol. The Morgan fingerprint density at radius 3 is 2.38 bits per heavy atom. The molecular formula is C23H17F5N2O2. The number of hydrogen-bond acceptors (Lipinski definition) is 3. The molecule has 0 aliphatic carbocycles. The molecule has 1 aliphatic rings. The number of carbonyl (C=O) groups excluding carboxylic acids is 1. The lowest BCUT2D eigenvalue weighted by molar-refractivity contribution is -0.275. The lowest BCUT2D eigenvalue weighted by Gasteiger charge is -2.29. The summed E-state index contributed by atoms with van der Waals surface area (Å²) in [5.41, 5.74) is -2.35. The van der Waals surface area contributed by atoms with Crippen LogP contribution in [0.5, 0.6) is 0 Å². The van der Waals surface area contributed by atoms with Gasteiger partial charge in [-0.2, -0.15) is 13.2 Å². The van der Waals surface area contributed by atoms with E-state index in [1.54, 1.807) is 24.3 Å². The molecule has 1 amide bonds. The van der Waals surface area contributed by atoms with Crippen molar-refractivity contribution >= 4 is 22.4 Å². The van der Waals surface area contributed by atoms with Crippen LogP contribution in [0.2, 0.25) is 0 Å². The molecule has 166 valence electrons. The maximum Gasteiger partial charge on any atom is 0.435 e. The number of amides is 1. The van der Waals surface area contributed by atoms with E-state index < -0.39 is 36.6 Å². The summed E-state index contributed by atoms with van der Waals surface area (Å²) in [6.45, 7) is -0.875. The van der Waals surface area contributed by atoms with Crippen molar-refractivity contribution in [3.63, 3.8) is 0 Å². The summed E-state index contributed by atoms with van der Waals surface area (Å²) in [5, 5.41) is 7.17. The Bertz CT molecular complexity index is 1190. The van der Waals surface area contributed by atoms with E-state index in [0.717, 1.165) is 24.3 Å². The van der Waals surface area contributed by atoms with Gasteiger partial charge in [-0.05, 0) is 29.0 Å². The zero-order valence-corrected chi connectivity index (χ0v) is 16.5. The van der Waals surface area contributed by atoms with Crippen LogP contribution < -0.4 is 5.32 Å². The highest BCUT2D eigenvalue weighted by molar-refractivity contribution is 6.16. The Morgan fingerprint density at radius 2 is 1.72 bits per heavy atom. The quantitative estimate of drug-likeness (QED) is 0.542. The lowest BCUT2D eigenvalue weighted by Crippen LogP contribution is -2.42. The van der Waals surface area contributed by atoms with E-state index >= 15 is 0 Å². The summed E-state index contributed by atoms with van der Waals surface area (Å²) in [6, 6.07) is 13.5. The van der Waals surface area contributed by atoms with Crippen LogP contribution in [0.25, 0.3) is 10.8 Å². The van der Waals surface area contributed by atoms with Gasteiger partial charge in [0.15, 0.2) is 0 Å². The molecule has 1 N–H and O–H groups in total. The Kier molecular flexibility index (Phi) is 5.58. The van der Waals surface area contributed by atoms with Crippen LogP contribution in [0.3, 0.4) is 0 Å². The van der Waals surface area contributed by atoms with Gasteiger partial charge in [-0.3, -0.25) is 4.79 Å². The summed E-state index contributed by atoms with van der Waals surface area (Å²) in [4.78, 5) is 17.4. The number of hydrogen-bond donors (Lipinski definition) is 1. The van der Waals surface area contributed by atoms with E-state index in [1.807, 2.05) is 0 Å². The fourth-order valence-corrected chi connectivity index (χ4v) is 3.77. The molecule has 0 saturated heterocycles. The Balaban J connectivity index is 1.76. The number of benzene rings is 3. The van der Waals surface area contributed by atoms with Gasteiger partial charge in [0, 0.05) is 29.7 Å². The number of oxime groups is 1. The molecule has 0 bridgehead atoms. The molecule has 1 heterocycles. The van der Waals surface area contributed by atoms with Gasteiger partial charge in [0.05, 0.1) is 5.71 Å². The van der Waals surface area contributed by atoms with Crippen molar-refractivity contribution in [2.45, 2.75) is 18.2 Å². The average Bonchev–Trinajstić information content (AvgIpc) is 3.24. The zero-order valence-electron chi connectivity index (χ0n) is 16.5. The third kappa shape index (κ3) is 3.68. The summed E-state index contributed by atoms with van der Waals surface area (Å²) in [7, 11) is 0. The number of carbonyl (C=O) groups is 1. The maximum absolute atomic E-state index is 14.1. The molecule has 0 saturated carbocycles. The standard InChI is InChI=1S/C23H17F5N2O2/c24-11-12-29-21(31)19-10-9-18(16-3-1-2-4-17(16)19)20-13-22(32-30-20,23(26,27)28)14-5-7-15(25)8-6-14/h1-10H,11-13H2,(H,29,31). The highest BCUT2D eigenvalue weighted by Crippen LogP contribution is 2.49. The second-order valence-corrected chi connectivity index (χ2v) is 7.29. The van der Waals surface area contributed by atoms with Crippen molar-refractivity contribution in [3.05, 3.63) is 83.2 Å². The largest absolute Gasteiger partial charge is 0.435 e. The van der Waals surface area contributed by atoms with Crippen molar-refractivity contribution in [1.82, 2.24) is 5.32 Å². The molecule has 0 radical (unpaired) electrons. The molecule has 1 atom stereocenters. The Morgan fingerprint density at radius 1 is 1.03 bits per heavy atom. The Labute approximate surface area is 179 Å². The van der Waals surface area contributed by atoms with Gasteiger partial charge in [-0.1, -0.05) is 47.6 Å². The van der Waals surface area contributed by atoms with Crippen LogP contribution in [0.15, 0.2) is 65.8 Å². The van der Waals surface area contributed by atoms with Gasteiger partial charge in [0.25, 0.3) is 11.5 Å². The third-order valence-corrected chi connectivity index (χ3v) is 5.36. The number of rotatable bonds is 5. The molecule has 4 nitrogen and oxygen atoms in total. The van der Waals surface area contributed by atoms with Gasteiger partial charge in [0.2, 0.25) is 0 Å². The smallest absolute Gasteiger partial charge is 0.374 e. The number of fused-ring (bicyclic) bond motifs is 1. The fraction of sp³-hybridized carbons (Fsp3) is 0.217. The van der Waals surface area contributed by atoms with Crippen LogP contribution in [0.1, 0.15) is 27.9 Å². The van der Waals surface area contributed by atoms with E-state index in [2.05, 4.69) is 10.5 Å². The molecule has 4 rings (SSSR count). The van der Waals surface area contributed by atoms with Crippen LogP contribution in [0, 0.1) is 5.82 Å². The van der Waals surface area contributed by atoms with Gasteiger partial charge in [-0.25, -0.2) is 8.78 Å². The molecule has 1 unspecified atom stereocenters. The van der Waals surface area contributed by atoms with Crippen molar-refractivity contribution in [2.75, 3.05) is 13.2 Å². The highest BCUT2D eigenvalue weighted by Gasteiger charge is 2.62. The summed E-state index contributed by atoms with van der Waals surface area (Å²) in [5.74, 6) is -1.16. The summed E-state index contributed by atoms with van der Waals surface area (Å²) < 4.78 is 68.1. The zero-order chi connectivity index (χ0) is 22.9. The van der Waals surface area contributed by atoms with Crippen LogP contribution in [-0.2, 0) is 10.4 Å². The van der Waals surface area contributed by atoms with Crippen LogP contribution in [0.4, 0.5) is 22.0 Å². The SMILES string of the molecule is O=C(NCCF)c1ccc(C2=NOC(c3ccc(F)cc3)(C(F)(F)F)C2)c2ccccc12. The van der Waals surface area contributed by atoms with Crippen molar-refractivity contribution in [1.29, 1.82) is 0 Å². The van der Waals surface area contributed by atoms with Crippen LogP contribution in [-0.4, -0.2) is 31.0 Å². The van der Waals surface area contributed by atoms with Gasteiger partial charge >= 0.3 is 6.18 Å². The van der Waals surface area contributed by atoms with Gasteiger partial charge < -0.3 is 10.2 Å². The van der Waals surface area contributed by atoms with Gasteiger partial charge in [0.1, 0.15) is 12.5 Å². The third-order valence-electron chi connectivity index (χ3n) is 5.36. The minimum Gasteiger partial charge on any atom is -0.374 e. The first-order valence-corrected chi connectivity index (χ1v) is 9.71.